The summed E-state index contributed by atoms with van der Waals surface area (Å²) in [6.45, 7) is 4.06. The summed E-state index contributed by atoms with van der Waals surface area (Å²) >= 11 is 6.03. The van der Waals surface area contributed by atoms with Crippen molar-refractivity contribution in [3.63, 3.8) is 0 Å². The molecule has 8 heteroatoms. The second-order valence-corrected chi connectivity index (χ2v) is 7.51. The van der Waals surface area contributed by atoms with E-state index >= 15 is 0 Å². The zero-order valence-electron chi connectivity index (χ0n) is 13.8. The molecule has 0 heterocycles. The second kappa shape index (κ2) is 7.95. The van der Waals surface area contributed by atoms with Crippen LogP contribution in [0, 0.1) is 5.82 Å². The number of amides is 1. The molecule has 2 rings (SSSR count). The first-order valence-corrected chi connectivity index (χ1v) is 9.48. The van der Waals surface area contributed by atoms with Gasteiger partial charge < -0.3 is 5.32 Å². The molecule has 0 radical (unpaired) electrons. The fraction of sp³-hybridized carbons (Fsp3) is 0.235. The van der Waals surface area contributed by atoms with Crippen LogP contribution in [0.3, 0.4) is 0 Å². The summed E-state index contributed by atoms with van der Waals surface area (Å²) in [5.41, 5.74) is -0.0567. The molecule has 0 saturated carbocycles. The van der Waals surface area contributed by atoms with Crippen molar-refractivity contribution in [1.29, 1.82) is 0 Å². The van der Waals surface area contributed by atoms with E-state index in [-0.39, 0.29) is 21.2 Å². The molecule has 0 unspecified atom stereocenters. The van der Waals surface area contributed by atoms with Crippen LogP contribution in [-0.2, 0) is 10.0 Å². The first-order chi connectivity index (χ1) is 11.8. The Balaban J connectivity index is 2.39. The van der Waals surface area contributed by atoms with Crippen molar-refractivity contribution in [2.45, 2.75) is 18.7 Å². The highest BCUT2D eigenvalue weighted by Crippen LogP contribution is 2.24. The number of carbonyl (C=O) groups is 1. The summed E-state index contributed by atoms with van der Waals surface area (Å²) in [5, 5.41) is 2.47. The lowest BCUT2D eigenvalue weighted by Crippen LogP contribution is -2.30. The summed E-state index contributed by atoms with van der Waals surface area (Å²) in [6.07, 6.45) is 0. The number of para-hydroxylation sites is 1. The van der Waals surface area contributed by atoms with Gasteiger partial charge in [-0.05, 0) is 30.3 Å². The number of hydrogen-bond donors (Lipinski definition) is 1. The maximum absolute atomic E-state index is 13.7. The first-order valence-electron chi connectivity index (χ1n) is 7.66. The predicted molar refractivity (Wildman–Crippen MR) is 95.9 cm³/mol. The molecule has 0 bridgehead atoms. The average Bonchev–Trinajstić information content (AvgIpc) is 2.58. The molecule has 0 aromatic heterocycles. The van der Waals surface area contributed by atoms with Crippen molar-refractivity contribution in [3.8, 4) is 0 Å². The molecule has 134 valence electrons. The normalized spacial score (nSPS) is 11.6. The Labute approximate surface area is 151 Å². The second-order valence-electron chi connectivity index (χ2n) is 5.16. The molecule has 0 fully saturated rings. The van der Waals surface area contributed by atoms with Crippen LogP contribution in [0.5, 0.6) is 0 Å². The number of carbonyl (C=O) groups excluding carboxylic acids is 1. The number of sulfonamides is 1. The number of anilines is 1. The van der Waals surface area contributed by atoms with Crippen LogP contribution in [0.15, 0.2) is 47.4 Å². The fourth-order valence-electron chi connectivity index (χ4n) is 2.30. The average molecular weight is 385 g/mol. The van der Waals surface area contributed by atoms with Crippen molar-refractivity contribution in [3.05, 3.63) is 58.9 Å². The van der Waals surface area contributed by atoms with Crippen molar-refractivity contribution in [2.24, 2.45) is 0 Å². The SMILES string of the molecule is CCN(CC)S(=O)(=O)c1ccc(Cl)c(C(=O)Nc2ccccc2F)c1. The monoisotopic (exact) mass is 384 g/mol. The summed E-state index contributed by atoms with van der Waals surface area (Å²) in [4.78, 5) is 12.4. The highest BCUT2D eigenvalue weighted by Gasteiger charge is 2.24. The Morgan fingerprint density at radius 3 is 2.40 bits per heavy atom. The Bertz CT molecular complexity index is 883. The van der Waals surface area contributed by atoms with Gasteiger partial charge in [0, 0.05) is 13.1 Å². The third kappa shape index (κ3) is 4.18. The van der Waals surface area contributed by atoms with Gasteiger partial charge in [-0.2, -0.15) is 4.31 Å². The minimum absolute atomic E-state index is 0.0134. The number of nitrogens with one attached hydrogen (secondary N) is 1. The standard InChI is InChI=1S/C17H18ClFN2O3S/c1-3-21(4-2)25(23,24)12-9-10-14(18)13(11-12)17(22)20-16-8-6-5-7-15(16)19/h5-11H,3-4H2,1-2H3,(H,20,22). The van der Waals surface area contributed by atoms with E-state index in [1.807, 2.05) is 0 Å². The van der Waals surface area contributed by atoms with Gasteiger partial charge in [0.1, 0.15) is 5.82 Å². The number of nitrogens with zero attached hydrogens (tertiary/aromatic N) is 1. The van der Waals surface area contributed by atoms with Gasteiger partial charge in [0.15, 0.2) is 0 Å². The van der Waals surface area contributed by atoms with Gasteiger partial charge in [-0.15, -0.1) is 0 Å². The Morgan fingerprint density at radius 2 is 1.80 bits per heavy atom. The first kappa shape index (κ1) is 19.4. The van der Waals surface area contributed by atoms with Gasteiger partial charge in [-0.25, -0.2) is 12.8 Å². The highest BCUT2D eigenvalue weighted by molar-refractivity contribution is 7.89. The van der Waals surface area contributed by atoms with E-state index in [1.165, 1.54) is 40.7 Å². The van der Waals surface area contributed by atoms with Crippen molar-refractivity contribution in [1.82, 2.24) is 4.31 Å². The Hall–Kier alpha value is -1.96. The lowest BCUT2D eigenvalue weighted by atomic mass is 10.2. The zero-order valence-corrected chi connectivity index (χ0v) is 15.4. The lowest BCUT2D eigenvalue weighted by molar-refractivity contribution is 0.102. The van der Waals surface area contributed by atoms with Crippen LogP contribution in [0.4, 0.5) is 10.1 Å². The van der Waals surface area contributed by atoms with Gasteiger partial charge in [0.2, 0.25) is 10.0 Å². The summed E-state index contributed by atoms with van der Waals surface area (Å²) < 4.78 is 40.1. The molecule has 25 heavy (non-hydrogen) atoms. The summed E-state index contributed by atoms with van der Waals surface area (Å²) in [5.74, 6) is -1.29. The van der Waals surface area contributed by atoms with Crippen LogP contribution >= 0.6 is 11.6 Å². The molecule has 1 amide bonds. The molecule has 0 saturated heterocycles. The van der Waals surface area contributed by atoms with Gasteiger partial charge in [0.05, 0.1) is 21.2 Å². The van der Waals surface area contributed by atoms with Crippen LogP contribution in [0.1, 0.15) is 24.2 Å². The third-order valence-corrected chi connectivity index (χ3v) is 6.02. The number of hydrogen-bond acceptors (Lipinski definition) is 3. The largest absolute Gasteiger partial charge is 0.319 e. The number of benzene rings is 2. The maximum atomic E-state index is 13.7. The van der Waals surface area contributed by atoms with Crippen molar-refractivity contribution in [2.75, 3.05) is 18.4 Å². The molecular formula is C17H18ClFN2O3S. The Morgan fingerprint density at radius 1 is 1.16 bits per heavy atom. The number of halogens is 2. The van der Waals surface area contributed by atoms with Gasteiger partial charge in [0.25, 0.3) is 5.91 Å². The lowest BCUT2D eigenvalue weighted by Gasteiger charge is -2.19. The van der Waals surface area contributed by atoms with E-state index in [0.29, 0.717) is 13.1 Å². The maximum Gasteiger partial charge on any atom is 0.257 e. The summed E-state index contributed by atoms with van der Waals surface area (Å²) in [6, 6.07) is 9.56. The van der Waals surface area contributed by atoms with E-state index in [0.717, 1.165) is 0 Å². The molecule has 0 aliphatic heterocycles. The van der Waals surface area contributed by atoms with Crippen LogP contribution in [0.25, 0.3) is 0 Å². The Kier molecular flexibility index (Phi) is 6.16. The van der Waals surface area contributed by atoms with E-state index in [2.05, 4.69) is 5.32 Å². The van der Waals surface area contributed by atoms with Gasteiger partial charge in [-0.1, -0.05) is 37.6 Å². The minimum Gasteiger partial charge on any atom is -0.319 e. The molecule has 5 nitrogen and oxygen atoms in total. The quantitative estimate of drug-likeness (QED) is 0.824. The fourth-order valence-corrected chi connectivity index (χ4v) is 3.99. The molecule has 2 aromatic rings. The zero-order chi connectivity index (χ0) is 18.6. The molecule has 2 aromatic carbocycles. The molecule has 0 atom stereocenters. The highest BCUT2D eigenvalue weighted by atomic mass is 35.5. The predicted octanol–water partition coefficient (Wildman–Crippen LogP) is 3.76. The summed E-state index contributed by atoms with van der Waals surface area (Å²) in [7, 11) is -3.73. The smallest absolute Gasteiger partial charge is 0.257 e. The van der Waals surface area contributed by atoms with Crippen LogP contribution in [-0.4, -0.2) is 31.7 Å². The van der Waals surface area contributed by atoms with Crippen molar-refractivity contribution >= 4 is 33.2 Å². The van der Waals surface area contributed by atoms with Crippen LogP contribution < -0.4 is 5.32 Å². The van der Waals surface area contributed by atoms with E-state index < -0.39 is 21.7 Å². The van der Waals surface area contributed by atoms with Gasteiger partial charge >= 0.3 is 0 Å². The van der Waals surface area contributed by atoms with Crippen LogP contribution in [0.2, 0.25) is 5.02 Å². The van der Waals surface area contributed by atoms with E-state index in [9.17, 15) is 17.6 Å². The van der Waals surface area contributed by atoms with E-state index in [1.54, 1.807) is 19.9 Å². The molecule has 0 spiro atoms. The molecule has 0 aliphatic carbocycles. The number of rotatable bonds is 6. The van der Waals surface area contributed by atoms with Crippen molar-refractivity contribution < 1.29 is 17.6 Å². The van der Waals surface area contributed by atoms with Gasteiger partial charge in [-0.3, -0.25) is 4.79 Å². The topological polar surface area (TPSA) is 66.5 Å². The molecular weight excluding hydrogens is 367 g/mol. The van der Waals surface area contributed by atoms with E-state index in [4.69, 9.17) is 11.6 Å². The minimum atomic E-state index is -3.73. The molecule has 1 N–H and O–H groups in total. The molecule has 0 aliphatic rings. The third-order valence-electron chi connectivity index (χ3n) is 3.65.